The van der Waals surface area contributed by atoms with E-state index in [4.69, 9.17) is 10.5 Å². The number of aryl methyl sites for hydroxylation is 2. The van der Waals surface area contributed by atoms with E-state index < -0.39 is 5.97 Å². The lowest BCUT2D eigenvalue weighted by atomic mass is 9.95. The van der Waals surface area contributed by atoms with Crippen molar-refractivity contribution < 1.29 is 14.3 Å². The van der Waals surface area contributed by atoms with Crippen molar-refractivity contribution >= 4 is 17.6 Å². The van der Waals surface area contributed by atoms with Crippen LogP contribution in [-0.2, 0) is 16.6 Å². The quantitative estimate of drug-likeness (QED) is 0.804. The molecule has 1 aliphatic carbocycles. The number of nitrogens with two attached hydrogens (primary N) is 1. The summed E-state index contributed by atoms with van der Waals surface area (Å²) in [6.45, 7) is 1.42. The Morgan fingerprint density at radius 1 is 1.38 bits per heavy atom. The van der Waals surface area contributed by atoms with Crippen molar-refractivity contribution in [3.63, 3.8) is 0 Å². The highest BCUT2D eigenvalue weighted by atomic mass is 16.5. The van der Waals surface area contributed by atoms with Gasteiger partial charge in [0.1, 0.15) is 0 Å². The largest absolute Gasteiger partial charge is 0.451 e. The third kappa shape index (κ3) is 3.74. The van der Waals surface area contributed by atoms with Crippen LogP contribution in [0.4, 0.5) is 5.69 Å². The fourth-order valence-electron chi connectivity index (χ4n) is 2.63. The molecule has 0 atom stereocenters. The number of amides is 1. The van der Waals surface area contributed by atoms with E-state index in [1.807, 2.05) is 0 Å². The topological polar surface area (TPSA) is 99.2 Å². The van der Waals surface area contributed by atoms with Crippen LogP contribution in [0.25, 0.3) is 0 Å². The first-order valence-corrected chi connectivity index (χ1v) is 7.24. The molecule has 0 saturated heterocycles. The maximum atomic E-state index is 12.0. The molecule has 3 N–H and O–H groups in total. The van der Waals surface area contributed by atoms with Gasteiger partial charge in [0.2, 0.25) is 0 Å². The van der Waals surface area contributed by atoms with Crippen molar-refractivity contribution in [2.75, 3.05) is 12.3 Å². The maximum Gasteiger partial charge on any atom is 0.359 e. The average molecular weight is 294 g/mol. The Kier molecular flexibility index (Phi) is 4.82. The lowest BCUT2D eigenvalue weighted by Gasteiger charge is -2.22. The smallest absolute Gasteiger partial charge is 0.359 e. The second kappa shape index (κ2) is 6.60. The Hall–Kier alpha value is -2.05. The van der Waals surface area contributed by atoms with Crippen molar-refractivity contribution in [2.24, 2.45) is 7.05 Å². The van der Waals surface area contributed by atoms with Gasteiger partial charge in [-0.05, 0) is 19.8 Å². The summed E-state index contributed by atoms with van der Waals surface area (Å²) in [7, 11) is 1.61. The molecule has 2 rings (SSSR count). The molecule has 0 radical (unpaired) electrons. The number of carbonyl (C=O) groups excluding carboxylic acids is 2. The lowest BCUT2D eigenvalue weighted by Crippen LogP contribution is -2.38. The Morgan fingerprint density at radius 3 is 2.62 bits per heavy atom. The molecule has 1 amide bonds. The van der Waals surface area contributed by atoms with Gasteiger partial charge in [0.15, 0.2) is 12.3 Å². The van der Waals surface area contributed by atoms with Gasteiger partial charge in [-0.3, -0.25) is 9.48 Å². The zero-order chi connectivity index (χ0) is 15.4. The summed E-state index contributed by atoms with van der Waals surface area (Å²) in [6.07, 6.45) is 5.48. The van der Waals surface area contributed by atoms with E-state index in [9.17, 15) is 9.59 Å². The summed E-state index contributed by atoms with van der Waals surface area (Å²) in [5, 5.41) is 6.93. The highest BCUT2D eigenvalue weighted by molar-refractivity contribution is 5.95. The summed E-state index contributed by atoms with van der Waals surface area (Å²) in [4.78, 5) is 23.7. The van der Waals surface area contributed by atoms with Gasteiger partial charge in [0, 0.05) is 13.1 Å². The van der Waals surface area contributed by atoms with E-state index in [1.54, 1.807) is 14.0 Å². The number of anilines is 1. The molecular weight excluding hydrogens is 272 g/mol. The Morgan fingerprint density at radius 2 is 2.05 bits per heavy atom. The molecule has 0 aromatic carbocycles. The SMILES string of the molecule is Cc1nn(C)c(C(=O)OCC(=O)NC2CCCCC2)c1N. The molecule has 0 spiro atoms. The summed E-state index contributed by atoms with van der Waals surface area (Å²) in [5.41, 5.74) is 6.81. The molecule has 116 valence electrons. The third-order valence-electron chi connectivity index (χ3n) is 3.77. The van der Waals surface area contributed by atoms with Crippen LogP contribution in [0.15, 0.2) is 0 Å². The standard InChI is InChI=1S/C14H22N4O3/c1-9-12(15)13(18(2)17-9)14(20)21-8-11(19)16-10-6-4-3-5-7-10/h10H,3-8,15H2,1-2H3,(H,16,19). The van der Waals surface area contributed by atoms with E-state index in [0.29, 0.717) is 5.69 Å². The number of hydrogen-bond acceptors (Lipinski definition) is 5. The Bertz CT molecular complexity index is 533. The normalized spacial score (nSPS) is 15.7. The lowest BCUT2D eigenvalue weighted by molar-refractivity contribution is -0.125. The molecule has 1 fully saturated rings. The number of esters is 1. The summed E-state index contributed by atoms with van der Waals surface area (Å²) < 4.78 is 6.38. The minimum absolute atomic E-state index is 0.179. The molecule has 7 heteroatoms. The van der Waals surface area contributed by atoms with E-state index in [2.05, 4.69) is 10.4 Å². The van der Waals surface area contributed by atoms with Crippen LogP contribution in [0.3, 0.4) is 0 Å². The summed E-state index contributed by atoms with van der Waals surface area (Å²) in [6, 6.07) is 0.203. The van der Waals surface area contributed by atoms with Gasteiger partial charge < -0.3 is 15.8 Å². The molecule has 0 bridgehead atoms. The molecule has 7 nitrogen and oxygen atoms in total. The number of hydrogen-bond donors (Lipinski definition) is 2. The molecule has 0 aliphatic heterocycles. The van der Waals surface area contributed by atoms with Crippen molar-refractivity contribution in [1.82, 2.24) is 15.1 Å². The van der Waals surface area contributed by atoms with E-state index in [-0.39, 0.29) is 29.9 Å². The zero-order valence-corrected chi connectivity index (χ0v) is 12.5. The molecule has 1 aliphatic rings. The molecule has 1 saturated carbocycles. The van der Waals surface area contributed by atoms with Gasteiger partial charge in [-0.15, -0.1) is 0 Å². The van der Waals surface area contributed by atoms with Gasteiger partial charge in [0.05, 0.1) is 11.4 Å². The Balaban J connectivity index is 1.84. The highest BCUT2D eigenvalue weighted by Gasteiger charge is 2.21. The first kappa shape index (κ1) is 15.3. The van der Waals surface area contributed by atoms with Gasteiger partial charge in [-0.1, -0.05) is 19.3 Å². The first-order chi connectivity index (χ1) is 9.99. The van der Waals surface area contributed by atoms with Crippen LogP contribution in [0, 0.1) is 6.92 Å². The number of nitrogen functional groups attached to an aromatic ring is 1. The molecule has 1 aromatic heterocycles. The van der Waals surface area contributed by atoms with Crippen molar-refractivity contribution in [2.45, 2.75) is 45.1 Å². The summed E-state index contributed by atoms with van der Waals surface area (Å²) >= 11 is 0. The minimum atomic E-state index is -0.630. The third-order valence-corrected chi connectivity index (χ3v) is 3.77. The number of nitrogens with zero attached hydrogens (tertiary/aromatic N) is 2. The van der Waals surface area contributed by atoms with E-state index in [0.717, 1.165) is 25.7 Å². The fourth-order valence-corrected chi connectivity index (χ4v) is 2.63. The predicted molar refractivity (Wildman–Crippen MR) is 77.7 cm³/mol. The van der Waals surface area contributed by atoms with Crippen LogP contribution >= 0.6 is 0 Å². The van der Waals surface area contributed by atoms with Crippen LogP contribution in [0.1, 0.15) is 48.3 Å². The molecule has 1 heterocycles. The molecule has 1 aromatic rings. The van der Waals surface area contributed by atoms with Crippen LogP contribution in [-0.4, -0.2) is 34.3 Å². The second-order valence-electron chi connectivity index (χ2n) is 5.45. The highest BCUT2D eigenvalue weighted by Crippen LogP contribution is 2.18. The fraction of sp³-hybridized carbons (Fsp3) is 0.643. The molecule has 21 heavy (non-hydrogen) atoms. The first-order valence-electron chi connectivity index (χ1n) is 7.24. The van der Waals surface area contributed by atoms with Crippen molar-refractivity contribution in [3.05, 3.63) is 11.4 Å². The van der Waals surface area contributed by atoms with Crippen LogP contribution < -0.4 is 11.1 Å². The van der Waals surface area contributed by atoms with Gasteiger partial charge in [-0.25, -0.2) is 4.79 Å². The zero-order valence-electron chi connectivity index (χ0n) is 12.5. The Labute approximate surface area is 123 Å². The molecular formula is C14H22N4O3. The number of aromatic nitrogens is 2. The number of carbonyl (C=O) groups is 2. The predicted octanol–water partition coefficient (Wildman–Crippen LogP) is 0.916. The average Bonchev–Trinajstić information content (AvgIpc) is 2.71. The molecule has 0 unspecified atom stereocenters. The monoisotopic (exact) mass is 294 g/mol. The van der Waals surface area contributed by atoms with Gasteiger partial charge in [-0.2, -0.15) is 5.10 Å². The van der Waals surface area contributed by atoms with E-state index >= 15 is 0 Å². The number of nitrogens with one attached hydrogen (secondary N) is 1. The van der Waals surface area contributed by atoms with Crippen LogP contribution in [0.2, 0.25) is 0 Å². The van der Waals surface area contributed by atoms with Gasteiger partial charge >= 0.3 is 5.97 Å². The summed E-state index contributed by atoms with van der Waals surface area (Å²) in [5.74, 6) is -0.901. The minimum Gasteiger partial charge on any atom is -0.451 e. The number of rotatable bonds is 4. The second-order valence-corrected chi connectivity index (χ2v) is 5.45. The van der Waals surface area contributed by atoms with Gasteiger partial charge in [0.25, 0.3) is 5.91 Å². The number of ether oxygens (including phenoxy) is 1. The van der Waals surface area contributed by atoms with E-state index in [1.165, 1.54) is 11.1 Å². The van der Waals surface area contributed by atoms with Crippen LogP contribution in [0.5, 0.6) is 0 Å². The van der Waals surface area contributed by atoms with Crippen molar-refractivity contribution in [3.8, 4) is 0 Å². The van der Waals surface area contributed by atoms with Crippen molar-refractivity contribution in [1.29, 1.82) is 0 Å². The maximum absolute atomic E-state index is 12.0.